The number of anilines is 1. The SMILES string of the molecule is COC(=O)c1c(NC(=O)C2COc3ccccc3O2)sc(C)c1-c1ccccc1. The number of benzene rings is 2. The number of para-hydroxylation sites is 2. The molecule has 0 fully saturated rings. The zero-order valence-corrected chi connectivity index (χ0v) is 16.7. The van der Waals surface area contributed by atoms with E-state index < -0.39 is 12.1 Å². The molecular weight excluding hydrogens is 390 g/mol. The normalized spacial score (nSPS) is 14.9. The van der Waals surface area contributed by atoms with E-state index in [0.717, 1.165) is 16.0 Å². The Balaban J connectivity index is 1.64. The van der Waals surface area contributed by atoms with Gasteiger partial charge in [-0.2, -0.15) is 0 Å². The molecule has 6 nitrogen and oxygen atoms in total. The number of thiophene rings is 1. The number of carbonyl (C=O) groups excluding carboxylic acids is 2. The first kappa shape index (κ1) is 19.0. The van der Waals surface area contributed by atoms with E-state index in [0.29, 0.717) is 22.1 Å². The minimum atomic E-state index is -0.821. The highest BCUT2D eigenvalue weighted by molar-refractivity contribution is 7.17. The van der Waals surface area contributed by atoms with Crippen LogP contribution >= 0.6 is 11.3 Å². The molecule has 4 rings (SSSR count). The van der Waals surface area contributed by atoms with Gasteiger partial charge in [0.05, 0.1) is 7.11 Å². The van der Waals surface area contributed by atoms with E-state index in [9.17, 15) is 9.59 Å². The van der Waals surface area contributed by atoms with Crippen molar-refractivity contribution in [2.45, 2.75) is 13.0 Å². The molecular formula is C22H19NO5S. The van der Waals surface area contributed by atoms with Crippen LogP contribution in [-0.2, 0) is 9.53 Å². The highest BCUT2D eigenvalue weighted by Crippen LogP contribution is 2.40. The fourth-order valence-electron chi connectivity index (χ4n) is 3.22. The topological polar surface area (TPSA) is 73.9 Å². The number of carbonyl (C=O) groups is 2. The summed E-state index contributed by atoms with van der Waals surface area (Å²) in [6.07, 6.45) is -0.821. The second-order valence-electron chi connectivity index (χ2n) is 6.45. The van der Waals surface area contributed by atoms with E-state index in [-0.39, 0.29) is 12.5 Å². The van der Waals surface area contributed by atoms with Gasteiger partial charge in [0.25, 0.3) is 5.91 Å². The van der Waals surface area contributed by atoms with Gasteiger partial charge in [0.1, 0.15) is 17.2 Å². The molecule has 0 aliphatic carbocycles. The van der Waals surface area contributed by atoms with Crippen LogP contribution in [-0.4, -0.2) is 31.7 Å². The van der Waals surface area contributed by atoms with Crippen LogP contribution in [0.3, 0.4) is 0 Å². The molecule has 0 spiro atoms. The van der Waals surface area contributed by atoms with Gasteiger partial charge in [0.2, 0.25) is 6.10 Å². The van der Waals surface area contributed by atoms with Gasteiger partial charge in [-0.15, -0.1) is 11.3 Å². The van der Waals surface area contributed by atoms with Gasteiger partial charge >= 0.3 is 5.97 Å². The molecule has 1 atom stereocenters. The van der Waals surface area contributed by atoms with Crippen molar-refractivity contribution in [1.29, 1.82) is 0 Å². The fourth-order valence-corrected chi connectivity index (χ4v) is 4.29. The maximum Gasteiger partial charge on any atom is 0.341 e. The van der Waals surface area contributed by atoms with Gasteiger partial charge in [-0.05, 0) is 24.6 Å². The van der Waals surface area contributed by atoms with Crippen molar-refractivity contribution in [3.8, 4) is 22.6 Å². The molecule has 1 aromatic heterocycles. The standard InChI is InChI=1S/C22H19NO5S/c1-13-18(14-8-4-3-5-9-14)19(22(25)26-2)21(29-13)23-20(24)17-12-27-15-10-6-7-11-16(15)28-17/h3-11,17H,12H2,1-2H3,(H,23,24). The van der Waals surface area contributed by atoms with Crippen molar-refractivity contribution < 1.29 is 23.8 Å². The summed E-state index contributed by atoms with van der Waals surface area (Å²) < 4.78 is 16.4. The lowest BCUT2D eigenvalue weighted by Crippen LogP contribution is -2.40. The number of esters is 1. The molecule has 1 N–H and O–H groups in total. The van der Waals surface area contributed by atoms with Gasteiger partial charge in [0, 0.05) is 10.4 Å². The van der Waals surface area contributed by atoms with Gasteiger partial charge in [-0.3, -0.25) is 4.79 Å². The maximum atomic E-state index is 12.8. The first-order chi connectivity index (χ1) is 14.1. The summed E-state index contributed by atoms with van der Waals surface area (Å²) in [5.74, 6) is 0.227. The molecule has 1 amide bonds. The molecule has 0 saturated carbocycles. The van der Waals surface area contributed by atoms with Crippen LogP contribution in [0.1, 0.15) is 15.2 Å². The van der Waals surface area contributed by atoms with E-state index in [1.54, 1.807) is 12.1 Å². The molecule has 3 aromatic rings. The van der Waals surface area contributed by atoms with Crippen molar-refractivity contribution in [2.75, 3.05) is 19.0 Å². The Morgan fingerprint density at radius 1 is 1.07 bits per heavy atom. The predicted octanol–water partition coefficient (Wildman–Crippen LogP) is 4.29. The molecule has 1 aliphatic heterocycles. The van der Waals surface area contributed by atoms with Crippen molar-refractivity contribution in [3.63, 3.8) is 0 Å². The van der Waals surface area contributed by atoms with E-state index >= 15 is 0 Å². The van der Waals surface area contributed by atoms with Gasteiger partial charge in [-0.25, -0.2) is 4.79 Å². The summed E-state index contributed by atoms with van der Waals surface area (Å²) in [6.45, 7) is 2.00. The fraction of sp³-hybridized carbons (Fsp3) is 0.182. The van der Waals surface area contributed by atoms with Crippen molar-refractivity contribution in [1.82, 2.24) is 0 Å². The quantitative estimate of drug-likeness (QED) is 0.651. The highest BCUT2D eigenvalue weighted by atomic mass is 32.1. The smallest absolute Gasteiger partial charge is 0.341 e. The average Bonchev–Trinajstić information content (AvgIpc) is 3.08. The Kier molecular flexibility index (Phi) is 5.22. The third kappa shape index (κ3) is 3.69. The predicted molar refractivity (Wildman–Crippen MR) is 111 cm³/mol. The van der Waals surface area contributed by atoms with Gasteiger partial charge in [-0.1, -0.05) is 42.5 Å². The summed E-state index contributed by atoms with van der Waals surface area (Å²) in [7, 11) is 1.32. The number of aryl methyl sites for hydroxylation is 1. The second-order valence-corrected chi connectivity index (χ2v) is 7.67. The monoisotopic (exact) mass is 409 g/mol. The van der Waals surface area contributed by atoms with E-state index in [1.807, 2.05) is 49.4 Å². The molecule has 2 aromatic carbocycles. The van der Waals surface area contributed by atoms with Gasteiger partial charge < -0.3 is 19.5 Å². The Morgan fingerprint density at radius 3 is 2.48 bits per heavy atom. The molecule has 2 heterocycles. The highest BCUT2D eigenvalue weighted by Gasteiger charge is 2.30. The van der Waals surface area contributed by atoms with Crippen LogP contribution in [0.4, 0.5) is 5.00 Å². The summed E-state index contributed by atoms with van der Waals surface area (Å²) >= 11 is 1.33. The molecule has 7 heteroatoms. The molecule has 29 heavy (non-hydrogen) atoms. The molecule has 1 aliphatic rings. The minimum absolute atomic E-state index is 0.0896. The number of fused-ring (bicyclic) bond motifs is 1. The van der Waals surface area contributed by atoms with Crippen LogP contribution in [0.5, 0.6) is 11.5 Å². The zero-order valence-electron chi connectivity index (χ0n) is 15.9. The first-order valence-electron chi connectivity index (χ1n) is 9.05. The van der Waals surface area contributed by atoms with Crippen molar-refractivity contribution >= 4 is 28.2 Å². The third-order valence-corrected chi connectivity index (χ3v) is 5.59. The summed E-state index contributed by atoms with van der Waals surface area (Å²) in [5.41, 5.74) is 1.98. The van der Waals surface area contributed by atoms with Crippen molar-refractivity contribution in [3.05, 3.63) is 65.0 Å². The van der Waals surface area contributed by atoms with Crippen LogP contribution in [0.25, 0.3) is 11.1 Å². The number of rotatable bonds is 4. The first-order valence-corrected chi connectivity index (χ1v) is 9.86. The van der Waals surface area contributed by atoms with Crippen LogP contribution in [0.2, 0.25) is 0 Å². The third-order valence-electron chi connectivity index (χ3n) is 4.57. The Bertz CT molecular complexity index is 1060. The number of hydrogen-bond acceptors (Lipinski definition) is 6. The number of methoxy groups -OCH3 is 1. The van der Waals surface area contributed by atoms with Gasteiger partial charge in [0.15, 0.2) is 11.5 Å². The maximum absolute atomic E-state index is 12.8. The molecule has 148 valence electrons. The lowest BCUT2D eigenvalue weighted by Gasteiger charge is -2.25. The second kappa shape index (κ2) is 7.97. The number of hydrogen-bond donors (Lipinski definition) is 1. The van der Waals surface area contributed by atoms with E-state index in [2.05, 4.69) is 5.32 Å². The number of ether oxygens (including phenoxy) is 3. The van der Waals surface area contributed by atoms with Crippen LogP contribution in [0, 0.1) is 6.92 Å². The van der Waals surface area contributed by atoms with Crippen LogP contribution < -0.4 is 14.8 Å². The summed E-state index contributed by atoms with van der Waals surface area (Å²) in [4.78, 5) is 26.3. The van der Waals surface area contributed by atoms with E-state index in [1.165, 1.54) is 18.4 Å². The average molecular weight is 409 g/mol. The molecule has 1 unspecified atom stereocenters. The summed E-state index contributed by atoms with van der Waals surface area (Å²) in [6, 6.07) is 16.7. The Hall–Kier alpha value is -3.32. The minimum Gasteiger partial charge on any atom is -0.485 e. The molecule has 0 saturated heterocycles. The van der Waals surface area contributed by atoms with Crippen molar-refractivity contribution in [2.24, 2.45) is 0 Å². The number of amides is 1. The number of nitrogens with one attached hydrogen (secondary N) is 1. The largest absolute Gasteiger partial charge is 0.485 e. The van der Waals surface area contributed by atoms with Crippen LogP contribution in [0.15, 0.2) is 54.6 Å². The Labute approximate surface area is 172 Å². The summed E-state index contributed by atoms with van der Waals surface area (Å²) in [5, 5.41) is 3.26. The zero-order chi connectivity index (χ0) is 20.4. The lowest BCUT2D eigenvalue weighted by atomic mass is 10.0. The lowest BCUT2D eigenvalue weighted by molar-refractivity contribution is -0.125. The Morgan fingerprint density at radius 2 is 1.76 bits per heavy atom. The molecule has 0 radical (unpaired) electrons. The van der Waals surface area contributed by atoms with E-state index in [4.69, 9.17) is 14.2 Å². The molecule has 0 bridgehead atoms.